The number of nitriles is 1. The largest absolute Gasteiger partial charge is 0.351 e. The molecule has 1 atom stereocenters. The Balaban J connectivity index is 0.000000238. The number of pyridine rings is 1. The fraction of sp³-hybridized carbons (Fsp3) is 0.312. The zero-order chi connectivity index (χ0) is 32.0. The smallest absolute Gasteiger partial charge is 0.248 e. The summed E-state index contributed by atoms with van der Waals surface area (Å²) in [6, 6.07) is 15.8. The fourth-order valence-electron chi connectivity index (χ4n) is 5.47. The van der Waals surface area contributed by atoms with Gasteiger partial charge in [0.15, 0.2) is 0 Å². The number of aromatic nitrogens is 3. The first kappa shape index (κ1) is 31.5. The number of carbonyl (C=O) groups is 3. The molecule has 13 heteroatoms. The van der Waals surface area contributed by atoms with E-state index in [1.54, 1.807) is 71.9 Å². The number of aromatic amines is 1. The van der Waals surface area contributed by atoms with Crippen LogP contribution in [0.3, 0.4) is 0 Å². The average Bonchev–Trinajstić information content (AvgIpc) is 3.70. The monoisotopic (exact) mass is 633 g/mol. The van der Waals surface area contributed by atoms with Gasteiger partial charge in [-0.2, -0.15) is 10.4 Å². The molecule has 2 aromatic carbocycles. The maximum atomic E-state index is 13.5. The molecule has 1 unspecified atom stereocenters. The highest BCUT2D eigenvalue weighted by Crippen LogP contribution is 2.35. The summed E-state index contributed by atoms with van der Waals surface area (Å²) >= 11 is 6.37. The first-order valence-electron chi connectivity index (χ1n) is 14.4. The summed E-state index contributed by atoms with van der Waals surface area (Å²) in [6.45, 7) is 0.709. The van der Waals surface area contributed by atoms with E-state index in [0.29, 0.717) is 47.0 Å². The van der Waals surface area contributed by atoms with E-state index in [1.807, 2.05) is 6.07 Å². The zero-order valence-corrected chi connectivity index (χ0v) is 24.9. The van der Waals surface area contributed by atoms with Gasteiger partial charge >= 0.3 is 0 Å². The number of halogens is 3. The maximum absolute atomic E-state index is 13.5. The third-order valence-corrected chi connectivity index (χ3v) is 8.19. The number of fused-ring (bicyclic) bond motifs is 1. The number of benzene rings is 2. The van der Waals surface area contributed by atoms with Crippen LogP contribution in [0.5, 0.6) is 0 Å². The highest BCUT2D eigenvalue weighted by atomic mass is 35.5. The van der Waals surface area contributed by atoms with Crippen molar-refractivity contribution in [1.82, 2.24) is 20.5 Å². The van der Waals surface area contributed by atoms with Gasteiger partial charge in [0.05, 0.1) is 23.3 Å². The first-order chi connectivity index (χ1) is 21.7. The number of nitrogens with zero attached hydrogens (tertiary/aromatic N) is 5. The van der Waals surface area contributed by atoms with Crippen LogP contribution in [-0.2, 0) is 14.4 Å². The van der Waals surface area contributed by atoms with Crippen molar-refractivity contribution in [3.63, 3.8) is 0 Å². The lowest BCUT2D eigenvalue weighted by atomic mass is 9.91. The van der Waals surface area contributed by atoms with Gasteiger partial charge < -0.3 is 5.32 Å². The van der Waals surface area contributed by atoms with Crippen molar-refractivity contribution in [3.8, 4) is 6.07 Å². The number of amides is 3. The molecule has 1 aliphatic heterocycles. The summed E-state index contributed by atoms with van der Waals surface area (Å²) in [7, 11) is 0. The minimum atomic E-state index is -2.70. The van der Waals surface area contributed by atoms with E-state index >= 15 is 0 Å². The van der Waals surface area contributed by atoms with Crippen molar-refractivity contribution in [1.29, 1.82) is 5.26 Å². The maximum Gasteiger partial charge on any atom is 0.248 e. The number of nitrogens with one attached hydrogen (secondary N) is 2. The van der Waals surface area contributed by atoms with Crippen LogP contribution in [0.1, 0.15) is 55.7 Å². The van der Waals surface area contributed by atoms with Gasteiger partial charge in [-0.3, -0.25) is 29.3 Å². The number of rotatable bonds is 7. The van der Waals surface area contributed by atoms with Gasteiger partial charge in [0, 0.05) is 59.7 Å². The molecule has 3 heterocycles. The third-order valence-electron chi connectivity index (χ3n) is 7.85. The van der Waals surface area contributed by atoms with Crippen molar-refractivity contribution < 1.29 is 23.2 Å². The van der Waals surface area contributed by atoms with E-state index in [4.69, 9.17) is 16.9 Å². The number of hydrogen-bond donors (Lipinski definition) is 2. The molecule has 2 N–H and O–H groups in total. The van der Waals surface area contributed by atoms with E-state index in [-0.39, 0.29) is 37.6 Å². The molecule has 3 amide bonds. The Hall–Kier alpha value is -4.89. The molecule has 0 spiro atoms. The summed E-state index contributed by atoms with van der Waals surface area (Å²) < 4.78 is 27.0. The van der Waals surface area contributed by atoms with Gasteiger partial charge in [0.1, 0.15) is 11.9 Å². The van der Waals surface area contributed by atoms with Gasteiger partial charge in [-0.1, -0.05) is 29.8 Å². The van der Waals surface area contributed by atoms with E-state index in [9.17, 15) is 23.2 Å². The van der Waals surface area contributed by atoms with E-state index in [0.717, 1.165) is 17.3 Å². The Morgan fingerprint density at radius 2 is 1.98 bits per heavy atom. The van der Waals surface area contributed by atoms with Crippen LogP contribution in [0.4, 0.5) is 20.3 Å². The van der Waals surface area contributed by atoms with Gasteiger partial charge in [0.25, 0.3) is 0 Å². The predicted octanol–water partition coefficient (Wildman–Crippen LogP) is 5.69. The van der Waals surface area contributed by atoms with Crippen LogP contribution in [0.15, 0.2) is 67.0 Å². The van der Waals surface area contributed by atoms with Crippen molar-refractivity contribution >= 4 is 52.2 Å². The van der Waals surface area contributed by atoms with Gasteiger partial charge in [-0.15, -0.1) is 0 Å². The molecule has 1 saturated carbocycles. The van der Waals surface area contributed by atoms with Crippen LogP contribution in [0, 0.1) is 11.3 Å². The second-order valence-electron chi connectivity index (χ2n) is 10.9. The van der Waals surface area contributed by atoms with E-state index in [2.05, 4.69) is 20.5 Å². The molecule has 1 aliphatic carbocycles. The lowest BCUT2D eigenvalue weighted by Crippen LogP contribution is -2.46. The van der Waals surface area contributed by atoms with Crippen LogP contribution >= 0.6 is 11.6 Å². The van der Waals surface area contributed by atoms with Crippen LogP contribution in [0.2, 0.25) is 5.02 Å². The molecule has 0 bridgehead atoms. The predicted molar refractivity (Wildman–Crippen MR) is 165 cm³/mol. The van der Waals surface area contributed by atoms with E-state index < -0.39 is 17.9 Å². The van der Waals surface area contributed by atoms with Crippen molar-refractivity contribution in [2.75, 3.05) is 16.3 Å². The lowest BCUT2D eigenvalue weighted by molar-refractivity contribution is -0.125. The molecule has 1 saturated heterocycles. The van der Waals surface area contributed by atoms with Crippen molar-refractivity contribution in [2.24, 2.45) is 0 Å². The van der Waals surface area contributed by atoms with Crippen LogP contribution in [0.25, 0.3) is 10.9 Å². The molecular weight excluding hydrogens is 604 g/mol. The molecule has 4 aromatic rings. The summed E-state index contributed by atoms with van der Waals surface area (Å²) in [4.78, 5) is 43.9. The molecule has 2 aromatic heterocycles. The highest BCUT2D eigenvalue weighted by Gasteiger charge is 2.37. The van der Waals surface area contributed by atoms with Gasteiger partial charge in [-0.05, 0) is 55.7 Å². The van der Waals surface area contributed by atoms with Crippen molar-refractivity contribution in [2.45, 2.75) is 56.5 Å². The normalized spacial score (nSPS) is 16.8. The zero-order valence-electron chi connectivity index (χ0n) is 24.1. The summed E-state index contributed by atoms with van der Waals surface area (Å²) in [6.07, 6.45) is 5.01. The Morgan fingerprint density at radius 1 is 1.20 bits per heavy atom. The summed E-state index contributed by atoms with van der Waals surface area (Å²) in [5.41, 5.74) is 2.26. The summed E-state index contributed by atoms with van der Waals surface area (Å²) in [5, 5.41) is 19.5. The first-order valence-corrected chi connectivity index (χ1v) is 14.8. The van der Waals surface area contributed by atoms with Crippen LogP contribution < -0.4 is 15.1 Å². The number of alkyl halides is 2. The molecule has 10 nitrogen and oxygen atoms in total. The van der Waals surface area contributed by atoms with Gasteiger partial charge in [0.2, 0.25) is 24.1 Å². The third kappa shape index (κ3) is 7.44. The number of carbonyl (C=O) groups excluding carboxylic acids is 3. The quantitative estimate of drug-likeness (QED) is 0.251. The Morgan fingerprint density at radius 3 is 2.67 bits per heavy atom. The molecule has 45 heavy (non-hydrogen) atoms. The summed E-state index contributed by atoms with van der Waals surface area (Å²) in [5.74, 6) is -2.49. The topological polar surface area (TPSA) is 135 Å². The highest BCUT2D eigenvalue weighted by molar-refractivity contribution is 6.31. The number of H-pyrrole nitrogens is 1. The SMILES string of the molecule is N#Cc1ccnc(N2CCCC2=O)c1.O=CN(c1ccc2[nH]ncc2c1)C(C(=O)NC1CCC(F)(F)CC1)c1ccccc1Cl. The second-order valence-corrected chi connectivity index (χ2v) is 11.3. The number of hydrogen-bond acceptors (Lipinski definition) is 6. The van der Waals surface area contributed by atoms with Crippen molar-refractivity contribution in [3.05, 3.63) is 83.1 Å². The standard InChI is InChI=1S/C22H21ClF2N4O2.C10H9N3O/c23-18-4-2-1-3-17(18)20(21(31)27-15-7-9-22(24,25)10-8-15)29(13-30)16-5-6-19-14(11-16)12-26-28-19;11-7-8-3-4-12-9(6-8)13-5-1-2-10(13)14/h1-6,11-13,15,20H,7-10H2,(H,26,28)(H,27,31);3-4,6H,1-2,5H2. The Kier molecular flexibility index (Phi) is 9.68. The average molecular weight is 634 g/mol. The minimum absolute atomic E-state index is 0.0904. The van der Waals surface area contributed by atoms with Gasteiger partial charge in [-0.25, -0.2) is 13.8 Å². The van der Waals surface area contributed by atoms with Crippen LogP contribution in [-0.4, -0.2) is 51.9 Å². The second kappa shape index (κ2) is 13.8. The molecule has 2 fully saturated rings. The molecule has 0 radical (unpaired) electrons. The minimum Gasteiger partial charge on any atom is -0.351 e. The molecule has 6 rings (SSSR count). The lowest BCUT2D eigenvalue weighted by Gasteiger charge is -2.33. The molecule has 2 aliphatic rings. The molecule has 232 valence electrons. The molecular formula is C32H30ClF2N7O3. The number of anilines is 2. The Labute approximate surface area is 263 Å². The van der Waals surface area contributed by atoms with E-state index in [1.165, 1.54) is 4.90 Å². The fourth-order valence-corrected chi connectivity index (χ4v) is 5.71. The Bertz CT molecular complexity index is 1730.